The van der Waals surface area contributed by atoms with Crippen LogP contribution in [0.2, 0.25) is 0 Å². The summed E-state index contributed by atoms with van der Waals surface area (Å²) in [7, 11) is 0. The highest BCUT2D eigenvalue weighted by atomic mass is 16.5. The minimum Gasteiger partial charge on any atom is -0.508 e. The van der Waals surface area contributed by atoms with Crippen LogP contribution in [0.5, 0.6) is 11.5 Å². The van der Waals surface area contributed by atoms with E-state index in [0.717, 1.165) is 0 Å². The predicted octanol–water partition coefficient (Wildman–Crippen LogP) is 1.98. The van der Waals surface area contributed by atoms with Crippen molar-refractivity contribution in [2.45, 2.75) is 12.6 Å². The molecule has 0 radical (unpaired) electrons. The largest absolute Gasteiger partial charge is 0.508 e. The summed E-state index contributed by atoms with van der Waals surface area (Å²) in [5.41, 5.74) is 2.43. The molecule has 1 aliphatic rings. The van der Waals surface area contributed by atoms with Crippen molar-refractivity contribution >= 4 is 17.3 Å². The molecule has 1 unspecified atom stereocenters. The van der Waals surface area contributed by atoms with Crippen LogP contribution < -0.4 is 10.2 Å². The molecule has 8 nitrogen and oxygen atoms in total. The molecule has 1 aromatic heterocycles. The van der Waals surface area contributed by atoms with E-state index < -0.39 is 6.17 Å². The highest BCUT2D eigenvalue weighted by Gasteiger charge is 2.32. The lowest BCUT2D eigenvalue weighted by Gasteiger charge is -2.38. The third-order valence-corrected chi connectivity index (χ3v) is 4.24. The normalized spacial score (nSPS) is 16.2. The molecule has 4 rings (SSSR count). The molecule has 132 valence electrons. The fourth-order valence-electron chi connectivity index (χ4n) is 3.22. The number of carbonyl (C=O) groups is 1. The summed E-state index contributed by atoms with van der Waals surface area (Å²) >= 11 is 0. The van der Waals surface area contributed by atoms with Gasteiger partial charge in [0.05, 0.1) is 29.3 Å². The molecule has 4 N–H and O–H groups in total. The SMILES string of the molecule is O=C1NC(Cc2cc(O)cc(O)c2)N(c2cnn(O)c2)c2ccccc21. The zero-order valence-electron chi connectivity index (χ0n) is 13.6. The predicted molar refractivity (Wildman–Crippen MR) is 92.7 cm³/mol. The molecule has 1 aliphatic heterocycles. The van der Waals surface area contributed by atoms with Gasteiger partial charge in [-0.15, -0.1) is 9.94 Å². The Balaban J connectivity index is 1.78. The van der Waals surface area contributed by atoms with Crippen LogP contribution in [0.25, 0.3) is 0 Å². The minimum atomic E-state index is -0.497. The molecule has 0 spiro atoms. The van der Waals surface area contributed by atoms with Gasteiger partial charge in [-0.1, -0.05) is 12.1 Å². The Kier molecular flexibility index (Phi) is 3.65. The standard InChI is InChI=1S/C18H16N4O4/c23-13-5-11(6-14(24)8-13)7-17-20-18(25)15-3-1-2-4-16(15)22(17)12-9-19-21(26)10-12/h1-6,8-10,17,23-24,26H,7H2,(H,20,25). The lowest BCUT2D eigenvalue weighted by Crippen LogP contribution is -2.51. The first-order valence-corrected chi connectivity index (χ1v) is 7.96. The van der Waals surface area contributed by atoms with Crippen LogP contribution in [-0.4, -0.2) is 37.4 Å². The van der Waals surface area contributed by atoms with Gasteiger partial charge in [-0.2, -0.15) is 0 Å². The maximum absolute atomic E-state index is 12.5. The quantitative estimate of drug-likeness (QED) is 0.537. The Morgan fingerprint density at radius 3 is 2.54 bits per heavy atom. The zero-order valence-corrected chi connectivity index (χ0v) is 13.6. The first-order chi connectivity index (χ1) is 12.5. The summed E-state index contributed by atoms with van der Waals surface area (Å²) in [5.74, 6) is -0.336. The van der Waals surface area contributed by atoms with Crippen molar-refractivity contribution in [3.05, 3.63) is 66.0 Å². The summed E-state index contributed by atoms with van der Waals surface area (Å²) in [4.78, 5) is 15.0. The Morgan fingerprint density at radius 1 is 1.12 bits per heavy atom. The number of fused-ring (bicyclic) bond motifs is 1. The number of nitrogens with zero attached hydrogens (tertiary/aromatic N) is 3. The van der Waals surface area contributed by atoms with Crippen molar-refractivity contribution < 1.29 is 20.2 Å². The molecular formula is C18H16N4O4. The molecule has 0 aliphatic carbocycles. The number of phenolic OH excluding ortho intramolecular Hbond substituents is 2. The number of phenols is 2. The smallest absolute Gasteiger partial charge is 0.255 e. The van der Waals surface area contributed by atoms with Crippen molar-refractivity contribution in [1.29, 1.82) is 0 Å². The van der Waals surface area contributed by atoms with Gasteiger partial charge in [-0.3, -0.25) is 4.79 Å². The number of para-hydroxylation sites is 1. The van der Waals surface area contributed by atoms with Gasteiger partial charge in [0.2, 0.25) is 0 Å². The van der Waals surface area contributed by atoms with Gasteiger partial charge < -0.3 is 25.6 Å². The van der Waals surface area contributed by atoms with Crippen LogP contribution in [0.3, 0.4) is 0 Å². The lowest BCUT2D eigenvalue weighted by atomic mass is 10.0. The van der Waals surface area contributed by atoms with Crippen LogP contribution in [-0.2, 0) is 6.42 Å². The second-order valence-corrected chi connectivity index (χ2v) is 6.06. The van der Waals surface area contributed by atoms with E-state index in [0.29, 0.717) is 33.8 Å². The van der Waals surface area contributed by atoms with Gasteiger partial charge in [0, 0.05) is 12.5 Å². The second kappa shape index (κ2) is 5.99. The Bertz CT molecular complexity index is 965. The van der Waals surface area contributed by atoms with E-state index in [1.54, 1.807) is 12.1 Å². The third-order valence-electron chi connectivity index (χ3n) is 4.24. The highest BCUT2D eigenvalue weighted by Crippen LogP contribution is 2.34. The van der Waals surface area contributed by atoms with E-state index in [9.17, 15) is 20.2 Å². The molecule has 8 heteroatoms. The number of benzene rings is 2. The van der Waals surface area contributed by atoms with Gasteiger partial charge in [0.15, 0.2) is 0 Å². The van der Waals surface area contributed by atoms with E-state index in [1.807, 2.05) is 17.0 Å². The molecule has 26 heavy (non-hydrogen) atoms. The summed E-state index contributed by atoms with van der Waals surface area (Å²) in [6.07, 6.45) is 2.74. The number of hydrogen-bond acceptors (Lipinski definition) is 6. The fraction of sp³-hybridized carbons (Fsp3) is 0.111. The van der Waals surface area contributed by atoms with Crippen LogP contribution in [0, 0.1) is 0 Å². The molecule has 1 amide bonds. The van der Waals surface area contributed by atoms with Crippen molar-refractivity contribution in [3.63, 3.8) is 0 Å². The lowest BCUT2D eigenvalue weighted by molar-refractivity contribution is 0.0930. The summed E-state index contributed by atoms with van der Waals surface area (Å²) in [5, 5.41) is 35.7. The van der Waals surface area contributed by atoms with Crippen LogP contribution in [0.4, 0.5) is 11.4 Å². The molecule has 0 fully saturated rings. The maximum atomic E-state index is 12.5. The Morgan fingerprint density at radius 2 is 1.85 bits per heavy atom. The minimum absolute atomic E-state index is 0.0581. The molecule has 1 atom stereocenters. The number of carbonyl (C=O) groups excluding carboxylic acids is 1. The van der Waals surface area contributed by atoms with Crippen LogP contribution in [0.15, 0.2) is 54.9 Å². The van der Waals surface area contributed by atoms with Gasteiger partial charge >= 0.3 is 0 Å². The van der Waals surface area contributed by atoms with Crippen molar-refractivity contribution in [2.75, 3.05) is 4.90 Å². The first-order valence-electron chi connectivity index (χ1n) is 7.96. The molecular weight excluding hydrogens is 336 g/mol. The van der Waals surface area contributed by atoms with E-state index >= 15 is 0 Å². The van der Waals surface area contributed by atoms with Crippen molar-refractivity contribution in [3.8, 4) is 11.5 Å². The number of nitrogens with one attached hydrogen (secondary N) is 1. The van der Waals surface area contributed by atoms with E-state index in [-0.39, 0.29) is 17.4 Å². The van der Waals surface area contributed by atoms with E-state index in [4.69, 9.17) is 0 Å². The number of aromatic hydroxyl groups is 2. The topological polar surface area (TPSA) is 111 Å². The number of amides is 1. The molecule has 3 aromatic rings. The first kappa shape index (κ1) is 15.8. The van der Waals surface area contributed by atoms with Gasteiger partial charge in [0.1, 0.15) is 17.7 Å². The zero-order chi connectivity index (χ0) is 18.3. The summed E-state index contributed by atoms with van der Waals surface area (Å²) in [6, 6.07) is 11.4. The number of rotatable bonds is 3. The van der Waals surface area contributed by atoms with Crippen molar-refractivity contribution in [2.24, 2.45) is 0 Å². The maximum Gasteiger partial charge on any atom is 0.255 e. The van der Waals surface area contributed by atoms with Crippen LogP contribution >= 0.6 is 0 Å². The number of anilines is 2. The fourth-order valence-corrected chi connectivity index (χ4v) is 3.22. The molecule has 0 bridgehead atoms. The third kappa shape index (κ3) is 2.77. The highest BCUT2D eigenvalue weighted by molar-refractivity contribution is 6.03. The van der Waals surface area contributed by atoms with Gasteiger partial charge in [0.25, 0.3) is 5.91 Å². The summed E-state index contributed by atoms with van der Waals surface area (Å²) < 4.78 is 0. The Labute approximate surface area is 148 Å². The number of aromatic nitrogens is 2. The van der Waals surface area contributed by atoms with Gasteiger partial charge in [-0.05, 0) is 29.8 Å². The molecule has 2 heterocycles. The van der Waals surface area contributed by atoms with Crippen LogP contribution in [0.1, 0.15) is 15.9 Å². The number of hydrogen-bond donors (Lipinski definition) is 4. The van der Waals surface area contributed by atoms with Crippen molar-refractivity contribution in [1.82, 2.24) is 15.3 Å². The summed E-state index contributed by atoms with van der Waals surface area (Å²) in [6.45, 7) is 0. The second-order valence-electron chi connectivity index (χ2n) is 6.06. The monoisotopic (exact) mass is 352 g/mol. The molecule has 2 aromatic carbocycles. The van der Waals surface area contributed by atoms with Gasteiger partial charge in [-0.25, -0.2) is 0 Å². The van der Waals surface area contributed by atoms with E-state index in [2.05, 4.69) is 10.4 Å². The van der Waals surface area contributed by atoms with E-state index in [1.165, 1.54) is 30.6 Å². The average Bonchev–Trinajstić information content (AvgIpc) is 3.00. The average molecular weight is 352 g/mol. The molecule has 0 saturated carbocycles. The Hall–Kier alpha value is -3.68. The molecule has 0 saturated heterocycles.